The fourth-order valence-electron chi connectivity index (χ4n) is 1.21. The Morgan fingerprint density at radius 3 is 3.22 bits per heavy atom. The van der Waals surface area contributed by atoms with Gasteiger partial charge in [0, 0.05) is 18.0 Å². The summed E-state index contributed by atoms with van der Waals surface area (Å²) in [4.78, 5) is 15.0. The van der Waals surface area contributed by atoms with E-state index in [1.165, 1.54) is 11.9 Å². The summed E-state index contributed by atoms with van der Waals surface area (Å²) >= 11 is 0. The normalized spacial score (nSPS) is 9.83. The molecule has 1 N–H and O–H groups in total. The van der Waals surface area contributed by atoms with Crippen molar-refractivity contribution < 1.29 is 9.53 Å². The molecule has 0 fully saturated rings. The van der Waals surface area contributed by atoms with Gasteiger partial charge in [0.05, 0.1) is 38.5 Å². The molecule has 9 nitrogen and oxygen atoms in total. The third kappa shape index (κ3) is 5.28. The Hall–Kier alpha value is -2.12. The lowest BCUT2D eigenvalue weighted by Crippen LogP contribution is -2.24. The zero-order chi connectivity index (χ0) is 13.2. The van der Waals surface area contributed by atoms with E-state index in [0.29, 0.717) is 31.7 Å². The van der Waals surface area contributed by atoms with E-state index >= 15 is 0 Å². The maximum Gasteiger partial charge on any atom is 0.306 e. The Labute approximate surface area is 104 Å². The van der Waals surface area contributed by atoms with Gasteiger partial charge in [-0.3, -0.25) is 4.79 Å². The van der Waals surface area contributed by atoms with Gasteiger partial charge in [-0.25, -0.2) is 0 Å². The number of ether oxygens (including phenoxy) is 1. The molecule has 1 aromatic rings. The average molecular weight is 253 g/mol. The molecule has 1 aromatic heterocycles. The summed E-state index contributed by atoms with van der Waals surface area (Å²) in [6, 6.07) is 0. The summed E-state index contributed by atoms with van der Waals surface area (Å²) in [6.45, 7) is 1.98. The van der Waals surface area contributed by atoms with Crippen LogP contribution in [0.1, 0.15) is 12.1 Å². The number of nitrogens with one attached hydrogen (secondary N) is 1. The number of nitrogens with zero attached hydrogens (tertiary/aromatic N) is 6. The quantitative estimate of drug-likeness (QED) is 0.234. The minimum atomic E-state index is -0.239. The fraction of sp³-hybridized carbons (Fsp3) is 0.667. The van der Waals surface area contributed by atoms with E-state index in [9.17, 15) is 4.79 Å². The monoisotopic (exact) mass is 253 g/mol. The lowest BCUT2D eigenvalue weighted by Gasteiger charge is -2.03. The topological polar surface area (TPSA) is 118 Å². The molecule has 1 heterocycles. The number of methoxy groups -OCH3 is 1. The summed E-state index contributed by atoms with van der Waals surface area (Å²) in [5, 5.41) is 14.6. The first-order valence-corrected chi connectivity index (χ1v) is 5.43. The maximum absolute atomic E-state index is 10.8. The van der Waals surface area contributed by atoms with E-state index in [1.807, 2.05) is 0 Å². The summed E-state index contributed by atoms with van der Waals surface area (Å²) in [6.07, 6.45) is 1.90. The summed E-state index contributed by atoms with van der Waals surface area (Å²) in [5.74, 6) is -0.239. The smallest absolute Gasteiger partial charge is 0.306 e. The van der Waals surface area contributed by atoms with Crippen LogP contribution in [0.5, 0.6) is 0 Å². The first kappa shape index (κ1) is 13.9. The van der Waals surface area contributed by atoms with E-state index in [-0.39, 0.29) is 12.5 Å². The number of rotatable bonds is 8. The molecule has 0 saturated heterocycles. The van der Waals surface area contributed by atoms with Crippen LogP contribution in [0.4, 0.5) is 0 Å². The first-order valence-electron chi connectivity index (χ1n) is 5.43. The predicted molar refractivity (Wildman–Crippen MR) is 62.4 cm³/mol. The molecular formula is C9H15N7O2. The van der Waals surface area contributed by atoms with Crippen LogP contribution in [0.15, 0.2) is 11.3 Å². The zero-order valence-electron chi connectivity index (χ0n) is 10.1. The highest BCUT2D eigenvalue weighted by Gasteiger charge is 2.00. The van der Waals surface area contributed by atoms with Crippen molar-refractivity contribution in [3.8, 4) is 0 Å². The summed E-state index contributed by atoms with van der Waals surface area (Å²) in [7, 11) is 1.36. The standard InChI is InChI=1S/C9H15N7O2/c1-18-9(17)2-3-11-4-5-16-13-7-8(14-16)6-12-15-10/h7,11H,2-6H2,1H3. The van der Waals surface area contributed by atoms with Crippen LogP contribution >= 0.6 is 0 Å². The molecule has 0 amide bonds. The molecule has 0 unspecified atom stereocenters. The van der Waals surface area contributed by atoms with Crippen LogP contribution in [0.3, 0.4) is 0 Å². The first-order chi connectivity index (χ1) is 8.76. The van der Waals surface area contributed by atoms with Gasteiger partial charge in [0.15, 0.2) is 0 Å². The molecule has 18 heavy (non-hydrogen) atoms. The summed E-state index contributed by atoms with van der Waals surface area (Å²) < 4.78 is 4.51. The number of aromatic nitrogens is 3. The van der Waals surface area contributed by atoms with Gasteiger partial charge in [0.25, 0.3) is 0 Å². The highest BCUT2D eigenvalue weighted by molar-refractivity contribution is 5.69. The highest BCUT2D eigenvalue weighted by Crippen LogP contribution is 1.94. The van der Waals surface area contributed by atoms with Crippen molar-refractivity contribution in [1.82, 2.24) is 20.3 Å². The molecule has 0 saturated carbocycles. The van der Waals surface area contributed by atoms with Gasteiger partial charge in [-0.15, -0.1) is 0 Å². The third-order valence-electron chi connectivity index (χ3n) is 2.10. The van der Waals surface area contributed by atoms with Gasteiger partial charge >= 0.3 is 5.97 Å². The molecule has 9 heteroatoms. The maximum atomic E-state index is 10.8. The van der Waals surface area contributed by atoms with Gasteiger partial charge in [0.2, 0.25) is 0 Å². The van der Waals surface area contributed by atoms with Crippen molar-refractivity contribution in [3.63, 3.8) is 0 Å². The molecule has 0 aliphatic carbocycles. The Morgan fingerprint density at radius 2 is 2.50 bits per heavy atom. The Kier molecular flexibility index (Phi) is 6.23. The predicted octanol–water partition coefficient (Wildman–Crippen LogP) is 0.241. The second kappa shape index (κ2) is 8.04. The molecular weight excluding hydrogens is 238 g/mol. The second-order valence-corrected chi connectivity index (χ2v) is 3.40. The molecule has 0 spiro atoms. The Bertz CT molecular complexity index is 424. The number of hydrogen-bond acceptors (Lipinski definition) is 6. The Balaban J connectivity index is 2.17. The molecule has 98 valence electrons. The fourth-order valence-corrected chi connectivity index (χ4v) is 1.21. The van der Waals surface area contributed by atoms with Crippen LogP contribution in [0, 0.1) is 0 Å². The lowest BCUT2D eigenvalue weighted by atomic mass is 10.4. The number of carbonyl (C=O) groups excluding carboxylic acids is 1. The van der Waals surface area contributed by atoms with Gasteiger partial charge in [0.1, 0.15) is 0 Å². The minimum absolute atomic E-state index is 0.201. The van der Waals surface area contributed by atoms with Gasteiger partial charge in [-0.1, -0.05) is 5.11 Å². The van der Waals surface area contributed by atoms with Crippen LogP contribution in [-0.4, -0.2) is 41.2 Å². The van der Waals surface area contributed by atoms with E-state index < -0.39 is 0 Å². The van der Waals surface area contributed by atoms with Crippen molar-refractivity contribution in [2.24, 2.45) is 5.11 Å². The number of hydrogen-bond donors (Lipinski definition) is 1. The van der Waals surface area contributed by atoms with Crippen molar-refractivity contribution in [2.75, 3.05) is 20.2 Å². The molecule has 0 radical (unpaired) electrons. The van der Waals surface area contributed by atoms with E-state index in [0.717, 1.165) is 0 Å². The molecule has 0 aliphatic rings. The van der Waals surface area contributed by atoms with Gasteiger partial charge < -0.3 is 10.1 Å². The third-order valence-corrected chi connectivity index (χ3v) is 2.10. The lowest BCUT2D eigenvalue weighted by molar-refractivity contribution is -0.140. The molecule has 0 bridgehead atoms. The van der Waals surface area contributed by atoms with Crippen molar-refractivity contribution >= 4 is 5.97 Å². The zero-order valence-corrected chi connectivity index (χ0v) is 10.1. The largest absolute Gasteiger partial charge is 0.469 e. The van der Waals surface area contributed by atoms with Crippen LogP contribution in [0.25, 0.3) is 10.4 Å². The SMILES string of the molecule is COC(=O)CCNCCn1ncc(CN=[N+]=[N-])n1. The van der Waals surface area contributed by atoms with Crippen molar-refractivity contribution in [1.29, 1.82) is 0 Å². The number of esters is 1. The van der Waals surface area contributed by atoms with Crippen LogP contribution < -0.4 is 5.32 Å². The van der Waals surface area contributed by atoms with E-state index in [4.69, 9.17) is 5.53 Å². The van der Waals surface area contributed by atoms with Crippen LogP contribution in [-0.2, 0) is 22.6 Å². The van der Waals surface area contributed by atoms with Gasteiger partial charge in [-0.2, -0.15) is 15.0 Å². The molecule has 1 rings (SSSR count). The van der Waals surface area contributed by atoms with E-state index in [1.54, 1.807) is 6.20 Å². The average Bonchev–Trinajstić information content (AvgIpc) is 2.83. The second-order valence-electron chi connectivity index (χ2n) is 3.40. The molecule has 0 atom stereocenters. The van der Waals surface area contributed by atoms with Crippen molar-refractivity contribution in [2.45, 2.75) is 19.5 Å². The Morgan fingerprint density at radius 1 is 1.67 bits per heavy atom. The number of azide groups is 1. The minimum Gasteiger partial charge on any atom is -0.469 e. The van der Waals surface area contributed by atoms with E-state index in [2.05, 4.69) is 30.3 Å². The summed E-state index contributed by atoms with van der Waals surface area (Å²) in [5.41, 5.74) is 8.78. The molecule has 0 aliphatic heterocycles. The van der Waals surface area contributed by atoms with Crippen molar-refractivity contribution in [3.05, 3.63) is 22.3 Å². The van der Waals surface area contributed by atoms with Crippen LogP contribution in [0.2, 0.25) is 0 Å². The van der Waals surface area contributed by atoms with Gasteiger partial charge in [-0.05, 0) is 5.53 Å². The molecule has 0 aromatic carbocycles. The number of carbonyl (C=O) groups is 1. The highest BCUT2D eigenvalue weighted by atomic mass is 16.5.